The second-order valence-electron chi connectivity index (χ2n) is 6.57. The number of hydrogen-bond acceptors (Lipinski definition) is 4. The van der Waals surface area contributed by atoms with Crippen LogP contribution in [0.5, 0.6) is 0 Å². The number of thiazole rings is 1. The van der Waals surface area contributed by atoms with Gasteiger partial charge in [0.1, 0.15) is 0 Å². The zero-order valence-corrected chi connectivity index (χ0v) is 14.7. The number of nitrogens with one attached hydrogen (secondary N) is 2. The zero-order chi connectivity index (χ0) is 16.1. The Morgan fingerprint density at radius 1 is 1.35 bits per heavy atom. The van der Waals surface area contributed by atoms with Crippen LogP contribution in [0.2, 0.25) is 0 Å². The number of hydrogen-bond donors (Lipinski definition) is 2. The monoisotopic (exact) mass is 337 g/mol. The fraction of sp³-hybridized carbons (Fsp3) is 0.765. The molecule has 2 aliphatic rings. The number of carbonyl (C=O) groups is 1. The van der Waals surface area contributed by atoms with Crippen molar-refractivity contribution in [3.63, 3.8) is 0 Å². The Labute approximate surface area is 142 Å². The lowest BCUT2D eigenvalue weighted by molar-refractivity contribution is 0.0571. The molecule has 1 saturated heterocycles. The number of nitrogens with zero attached hydrogens (tertiary/aromatic N) is 1. The van der Waals surface area contributed by atoms with Crippen molar-refractivity contribution in [2.45, 2.75) is 57.9 Å². The van der Waals surface area contributed by atoms with Gasteiger partial charge in [0.05, 0.1) is 10.7 Å². The van der Waals surface area contributed by atoms with Gasteiger partial charge in [-0.2, -0.15) is 0 Å². The van der Waals surface area contributed by atoms with Gasteiger partial charge in [0.25, 0.3) is 0 Å². The second-order valence-corrected chi connectivity index (χ2v) is 7.74. The van der Waals surface area contributed by atoms with Crippen molar-refractivity contribution in [2.24, 2.45) is 5.92 Å². The Kier molecular flexibility index (Phi) is 5.89. The molecule has 23 heavy (non-hydrogen) atoms. The molecular weight excluding hydrogens is 310 g/mol. The Morgan fingerprint density at radius 3 is 2.91 bits per heavy atom. The summed E-state index contributed by atoms with van der Waals surface area (Å²) in [5, 5.41) is 7.19. The number of ether oxygens (including phenoxy) is 1. The van der Waals surface area contributed by atoms with Gasteiger partial charge in [-0.15, -0.1) is 11.3 Å². The van der Waals surface area contributed by atoms with Crippen molar-refractivity contribution in [1.29, 1.82) is 0 Å². The normalized spacial score (nSPS) is 19.9. The summed E-state index contributed by atoms with van der Waals surface area (Å²) in [6.07, 6.45) is 7.77. The van der Waals surface area contributed by atoms with Crippen molar-refractivity contribution in [1.82, 2.24) is 15.6 Å². The first kappa shape index (κ1) is 16.7. The van der Waals surface area contributed by atoms with Crippen molar-refractivity contribution in [2.75, 3.05) is 19.8 Å². The molecule has 0 spiro atoms. The van der Waals surface area contributed by atoms with Gasteiger partial charge in [0.2, 0.25) is 0 Å². The van der Waals surface area contributed by atoms with Crippen LogP contribution in [0.4, 0.5) is 4.79 Å². The van der Waals surface area contributed by atoms with Crippen LogP contribution in [0, 0.1) is 5.92 Å². The van der Waals surface area contributed by atoms with Gasteiger partial charge in [0, 0.05) is 37.1 Å². The summed E-state index contributed by atoms with van der Waals surface area (Å²) in [5.41, 5.74) is 1.30. The summed E-state index contributed by atoms with van der Waals surface area (Å²) in [5.74, 6) is 0.528. The summed E-state index contributed by atoms with van der Waals surface area (Å²) >= 11 is 1.83. The van der Waals surface area contributed by atoms with E-state index in [1.807, 2.05) is 11.3 Å². The number of aryl methyl sites for hydroxylation is 2. The van der Waals surface area contributed by atoms with Crippen molar-refractivity contribution in [3.05, 3.63) is 15.6 Å². The van der Waals surface area contributed by atoms with Crippen LogP contribution in [0.15, 0.2) is 0 Å². The molecule has 3 rings (SSSR count). The van der Waals surface area contributed by atoms with Gasteiger partial charge in [-0.05, 0) is 51.4 Å². The number of rotatable bonds is 5. The summed E-state index contributed by atoms with van der Waals surface area (Å²) in [4.78, 5) is 18.2. The minimum absolute atomic E-state index is 0.0645. The number of aromatic nitrogens is 1. The second kappa shape index (κ2) is 8.11. The van der Waals surface area contributed by atoms with Crippen LogP contribution >= 0.6 is 11.3 Å². The molecule has 0 saturated carbocycles. The summed E-state index contributed by atoms with van der Waals surface area (Å²) < 4.78 is 5.37. The maximum atomic E-state index is 12.0. The number of carbonyl (C=O) groups excluding carboxylic acids is 1. The molecule has 0 radical (unpaired) electrons. The summed E-state index contributed by atoms with van der Waals surface area (Å²) in [6.45, 7) is 4.36. The molecule has 1 aromatic heterocycles. The maximum absolute atomic E-state index is 12.0. The van der Waals surface area contributed by atoms with E-state index < -0.39 is 0 Å². The highest BCUT2D eigenvalue weighted by molar-refractivity contribution is 7.11. The van der Waals surface area contributed by atoms with E-state index in [9.17, 15) is 4.79 Å². The number of amides is 2. The minimum atomic E-state index is -0.0645. The van der Waals surface area contributed by atoms with E-state index in [2.05, 4.69) is 17.6 Å². The molecule has 1 aromatic rings. The van der Waals surface area contributed by atoms with Gasteiger partial charge < -0.3 is 15.4 Å². The van der Waals surface area contributed by atoms with Crippen molar-refractivity contribution in [3.8, 4) is 0 Å². The predicted octanol–water partition coefficient (Wildman–Crippen LogP) is 2.68. The van der Waals surface area contributed by atoms with E-state index in [0.29, 0.717) is 12.5 Å². The molecule has 128 valence electrons. The van der Waals surface area contributed by atoms with Gasteiger partial charge in [-0.1, -0.05) is 0 Å². The highest BCUT2D eigenvalue weighted by atomic mass is 32.1. The predicted molar refractivity (Wildman–Crippen MR) is 92.0 cm³/mol. The number of urea groups is 1. The van der Waals surface area contributed by atoms with E-state index in [4.69, 9.17) is 9.72 Å². The van der Waals surface area contributed by atoms with Crippen LogP contribution in [0.3, 0.4) is 0 Å². The minimum Gasteiger partial charge on any atom is -0.381 e. The van der Waals surface area contributed by atoms with Crippen LogP contribution in [-0.2, 0) is 24.0 Å². The topological polar surface area (TPSA) is 63.2 Å². The third-order valence-electron chi connectivity index (χ3n) is 4.85. The Hall–Kier alpha value is -1.14. The maximum Gasteiger partial charge on any atom is 0.315 e. The first-order valence-electron chi connectivity index (χ1n) is 8.82. The molecule has 5 nitrogen and oxygen atoms in total. The van der Waals surface area contributed by atoms with Gasteiger partial charge in [0.15, 0.2) is 0 Å². The smallest absolute Gasteiger partial charge is 0.315 e. The first-order chi connectivity index (χ1) is 11.2. The van der Waals surface area contributed by atoms with Crippen LogP contribution in [-0.4, -0.2) is 36.8 Å². The fourth-order valence-electron chi connectivity index (χ4n) is 3.39. The average Bonchev–Trinajstić information content (AvgIpc) is 2.98. The fourth-order valence-corrected chi connectivity index (χ4v) is 4.54. The van der Waals surface area contributed by atoms with E-state index in [0.717, 1.165) is 43.9 Å². The molecule has 2 N–H and O–H groups in total. The molecule has 2 amide bonds. The molecular formula is C17H27N3O2S. The molecule has 1 fully saturated rings. The van der Waals surface area contributed by atoms with E-state index >= 15 is 0 Å². The molecule has 6 heteroatoms. The SMILES string of the molecule is C[C@@H](NC(=O)NCCc1nc2c(s1)CCCC2)C1CCOCC1. The first-order valence-corrected chi connectivity index (χ1v) is 9.63. The molecule has 2 heterocycles. The lowest BCUT2D eigenvalue weighted by atomic mass is 9.93. The Balaban J connectivity index is 1.38. The molecule has 0 unspecified atom stereocenters. The van der Waals surface area contributed by atoms with Crippen LogP contribution in [0.25, 0.3) is 0 Å². The standard InChI is InChI=1S/C17H27N3O2S/c1-12(13-7-10-22-11-8-13)19-17(21)18-9-6-16-20-14-4-2-3-5-15(14)23-16/h12-13H,2-11H2,1H3,(H2,18,19,21)/t12-/m1/s1. The van der Waals surface area contributed by atoms with Crippen LogP contribution in [0.1, 0.15) is 48.2 Å². The molecule has 0 aromatic carbocycles. The molecule has 1 aliphatic carbocycles. The largest absolute Gasteiger partial charge is 0.381 e. The molecule has 0 bridgehead atoms. The van der Waals surface area contributed by atoms with Crippen molar-refractivity contribution < 1.29 is 9.53 Å². The lowest BCUT2D eigenvalue weighted by Crippen LogP contribution is -2.45. The van der Waals surface area contributed by atoms with Crippen LogP contribution < -0.4 is 10.6 Å². The van der Waals surface area contributed by atoms with E-state index in [1.165, 1.54) is 29.8 Å². The van der Waals surface area contributed by atoms with Gasteiger partial charge >= 0.3 is 6.03 Å². The third-order valence-corrected chi connectivity index (χ3v) is 6.06. The van der Waals surface area contributed by atoms with E-state index in [-0.39, 0.29) is 12.1 Å². The third kappa shape index (κ3) is 4.67. The molecule has 1 aliphatic heterocycles. The van der Waals surface area contributed by atoms with Gasteiger partial charge in [-0.25, -0.2) is 9.78 Å². The van der Waals surface area contributed by atoms with Crippen molar-refractivity contribution >= 4 is 17.4 Å². The lowest BCUT2D eigenvalue weighted by Gasteiger charge is -2.28. The summed E-state index contributed by atoms with van der Waals surface area (Å²) in [6, 6.07) is 0.136. The number of fused-ring (bicyclic) bond motifs is 1. The molecule has 1 atom stereocenters. The average molecular weight is 337 g/mol. The quantitative estimate of drug-likeness (QED) is 0.868. The highest BCUT2D eigenvalue weighted by Gasteiger charge is 2.21. The zero-order valence-electron chi connectivity index (χ0n) is 13.9. The van der Waals surface area contributed by atoms with E-state index in [1.54, 1.807) is 0 Å². The highest BCUT2D eigenvalue weighted by Crippen LogP contribution is 2.26. The summed E-state index contributed by atoms with van der Waals surface area (Å²) in [7, 11) is 0. The Morgan fingerprint density at radius 2 is 2.13 bits per heavy atom. The Bertz CT molecular complexity index is 502. The van der Waals surface area contributed by atoms with Gasteiger partial charge in [-0.3, -0.25) is 0 Å².